The molecule has 188 valence electrons. The molecule has 0 aliphatic heterocycles. The van der Waals surface area contributed by atoms with Crippen LogP contribution in [0.4, 0.5) is 0 Å². The third-order valence-electron chi connectivity index (χ3n) is 4.65. The molecule has 0 aliphatic carbocycles. The topological polar surface area (TPSA) is 93.1 Å². The molecule has 2 N–H and O–H groups in total. The number of ether oxygens (including phenoxy) is 2. The summed E-state index contributed by atoms with van der Waals surface area (Å²) < 4.78 is 9.93. The molecular weight excluding hydrogens is 484 g/mol. The van der Waals surface area contributed by atoms with Crippen molar-refractivity contribution >= 4 is 35.5 Å². The van der Waals surface area contributed by atoms with E-state index in [1.54, 1.807) is 13.8 Å². The number of rotatable bonds is 14. The SMILES string of the molecule is C=C(C)C(=O)OCC(O)CSc1ccc(Cc2ccc(SCC(O)COC(=O)C(=C)C)cc2)cc1. The molecule has 0 amide bonds. The lowest BCUT2D eigenvalue weighted by molar-refractivity contribution is -0.142. The lowest BCUT2D eigenvalue weighted by atomic mass is 10.1. The Bertz CT molecular complexity index is 920. The number of hydrogen-bond donors (Lipinski definition) is 2. The molecule has 2 unspecified atom stereocenters. The van der Waals surface area contributed by atoms with Gasteiger partial charge in [0.2, 0.25) is 0 Å². The van der Waals surface area contributed by atoms with Crippen molar-refractivity contribution in [2.45, 2.75) is 42.3 Å². The zero-order valence-electron chi connectivity index (χ0n) is 20.1. The third-order valence-corrected chi connectivity index (χ3v) is 6.96. The van der Waals surface area contributed by atoms with E-state index >= 15 is 0 Å². The second kappa shape index (κ2) is 14.8. The van der Waals surface area contributed by atoms with Gasteiger partial charge in [-0.2, -0.15) is 0 Å². The summed E-state index contributed by atoms with van der Waals surface area (Å²) in [5, 5.41) is 20.0. The highest BCUT2D eigenvalue weighted by molar-refractivity contribution is 7.99. The number of esters is 2. The van der Waals surface area contributed by atoms with Crippen LogP contribution < -0.4 is 0 Å². The van der Waals surface area contributed by atoms with Gasteiger partial charge < -0.3 is 19.7 Å². The maximum absolute atomic E-state index is 11.4. The molecule has 0 heterocycles. The number of benzene rings is 2. The predicted molar refractivity (Wildman–Crippen MR) is 141 cm³/mol. The van der Waals surface area contributed by atoms with Crippen molar-refractivity contribution in [2.75, 3.05) is 24.7 Å². The minimum Gasteiger partial charge on any atom is -0.460 e. The average molecular weight is 517 g/mol. The van der Waals surface area contributed by atoms with Gasteiger partial charge in [-0.05, 0) is 55.7 Å². The molecule has 35 heavy (non-hydrogen) atoms. The molecular formula is C27H32O6S2. The maximum Gasteiger partial charge on any atom is 0.333 e. The van der Waals surface area contributed by atoms with Crippen molar-refractivity contribution in [3.8, 4) is 0 Å². The highest BCUT2D eigenvalue weighted by Gasteiger charge is 2.11. The number of hydrogen-bond acceptors (Lipinski definition) is 8. The highest BCUT2D eigenvalue weighted by atomic mass is 32.2. The van der Waals surface area contributed by atoms with Crippen LogP contribution in [0.15, 0.2) is 82.6 Å². The van der Waals surface area contributed by atoms with Gasteiger partial charge in [0.25, 0.3) is 0 Å². The Balaban J connectivity index is 1.74. The largest absolute Gasteiger partial charge is 0.460 e. The summed E-state index contributed by atoms with van der Waals surface area (Å²) in [6.07, 6.45) is -0.701. The lowest BCUT2D eigenvalue weighted by Gasteiger charge is -2.12. The van der Waals surface area contributed by atoms with Crippen LogP contribution in [-0.4, -0.2) is 59.1 Å². The van der Waals surface area contributed by atoms with E-state index in [4.69, 9.17) is 9.47 Å². The fourth-order valence-electron chi connectivity index (χ4n) is 2.71. The molecule has 2 aromatic carbocycles. The van der Waals surface area contributed by atoms with Crippen LogP contribution in [0.5, 0.6) is 0 Å². The monoisotopic (exact) mass is 516 g/mol. The predicted octanol–water partition coefficient (Wildman–Crippen LogP) is 4.42. The van der Waals surface area contributed by atoms with E-state index in [1.807, 2.05) is 24.3 Å². The minimum absolute atomic E-state index is 0.0491. The summed E-state index contributed by atoms with van der Waals surface area (Å²) in [6, 6.07) is 16.3. The van der Waals surface area contributed by atoms with Gasteiger partial charge in [0.15, 0.2) is 0 Å². The van der Waals surface area contributed by atoms with Gasteiger partial charge in [-0.25, -0.2) is 9.59 Å². The van der Waals surface area contributed by atoms with E-state index in [9.17, 15) is 19.8 Å². The molecule has 0 bridgehead atoms. The van der Waals surface area contributed by atoms with Gasteiger partial charge in [-0.1, -0.05) is 37.4 Å². The zero-order valence-corrected chi connectivity index (χ0v) is 21.7. The van der Waals surface area contributed by atoms with Crippen molar-refractivity contribution < 1.29 is 29.3 Å². The van der Waals surface area contributed by atoms with Crippen LogP contribution in [-0.2, 0) is 25.5 Å². The van der Waals surface area contributed by atoms with Crippen LogP contribution >= 0.6 is 23.5 Å². The number of thioether (sulfide) groups is 2. The summed E-state index contributed by atoms with van der Waals surface area (Å²) >= 11 is 3.00. The number of carbonyl (C=O) groups excluding carboxylic acids is 2. The summed E-state index contributed by atoms with van der Waals surface area (Å²) in [5.41, 5.74) is 2.96. The van der Waals surface area contributed by atoms with Crippen molar-refractivity contribution in [1.29, 1.82) is 0 Å². The normalized spacial score (nSPS) is 12.5. The van der Waals surface area contributed by atoms with Gasteiger partial charge >= 0.3 is 11.9 Å². The first-order valence-corrected chi connectivity index (χ1v) is 13.1. The Morgan fingerprint density at radius 2 is 1.09 bits per heavy atom. The molecule has 6 nitrogen and oxygen atoms in total. The van der Waals surface area contributed by atoms with Crippen LogP contribution in [0.2, 0.25) is 0 Å². The van der Waals surface area contributed by atoms with Crippen molar-refractivity contribution in [3.05, 3.63) is 84.0 Å². The van der Waals surface area contributed by atoms with Crippen LogP contribution in [0.3, 0.4) is 0 Å². The van der Waals surface area contributed by atoms with E-state index in [1.165, 1.54) is 34.7 Å². The molecule has 0 spiro atoms. The molecule has 0 fully saturated rings. The molecule has 0 aliphatic rings. The average Bonchev–Trinajstić information content (AvgIpc) is 2.84. The Hall–Kier alpha value is -2.52. The van der Waals surface area contributed by atoms with Gasteiger partial charge in [0, 0.05) is 32.4 Å². The Kier molecular flexibility index (Phi) is 12.1. The van der Waals surface area contributed by atoms with E-state index in [0.717, 1.165) is 16.2 Å². The summed E-state index contributed by atoms with van der Waals surface area (Å²) in [5.74, 6) is -0.145. The smallest absolute Gasteiger partial charge is 0.333 e. The van der Waals surface area contributed by atoms with Crippen molar-refractivity contribution in [1.82, 2.24) is 0 Å². The van der Waals surface area contributed by atoms with Crippen LogP contribution in [0.1, 0.15) is 25.0 Å². The van der Waals surface area contributed by atoms with Gasteiger partial charge in [0.05, 0.1) is 12.2 Å². The lowest BCUT2D eigenvalue weighted by Crippen LogP contribution is -2.21. The zero-order chi connectivity index (χ0) is 25.8. The van der Waals surface area contributed by atoms with Gasteiger partial charge in [-0.3, -0.25) is 0 Å². The second-order valence-corrected chi connectivity index (χ2v) is 10.3. The Morgan fingerprint density at radius 3 is 1.40 bits per heavy atom. The number of carbonyl (C=O) groups is 2. The quantitative estimate of drug-likeness (QED) is 0.217. The fraction of sp³-hybridized carbons (Fsp3) is 0.333. The number of aliphatic hydroxyl groups is 2. The van der Waals surface area contributed by atoms with E-state index in [-0.39, 0.29) is 13.2 Å². The third kappa shape index (κ3) is 11.2. The molecule has 2 atom stereocenters. The van der Waals surface area contributed by atoms with Gasteiger partial charge in [-0.15, -0.1) is 23.5 Å². The first-order valence-electron chi connectivity index (χ1n) is 11.1. The standard InChI is InChI=1S/C27H32O6S2/c1-18(2)26(30)32-14-22(28)16-34-24-9-5-20(6-10-24)13-21-7-11-25(12-8-21)35-17-23(29)15-33-27(31)19(3)4/h5-12,22-23,28-29H,1,3,13-17H2,2,4H3. The van der Waals surface area contributed by atoms with E-state index in [2.05, 4.69) is 37.4 Å². The molecule has 8 heteroatoms. The first kappa shape index (κ1) is 28.7. The Morgan fingerprint density at radius 1 is 0.743 bits per heavy atom. The molecule has 0 aromatic heterocycles. The van der Waals surface area contributed by atoms with Crippen LogP contribution in [0.25, 0.3) is 0 Å². The van der Waals surface area contributed by atoms with Crippen LogP contribution in [0, 0.1) is 0 Å². The molecule has 2 aromatic rings. The van der Waals surface area contributed by atoms with E-state index in [0.29, 0.717) is 22.7 Å². The molecule has 2 rings (SSSR count). The first-order chi connectivity index (χ1) is 16.6. The second-order valence-electron chi connectivity index (χ2n) is 8.15. The summed E-state index contributed by atoms with van der Waals surface area (Å²) in [6.45, 7) is 10.1. The summed E-state index contributed by atoms with van der Waals surface area (Å²) in [4.78, 5) is 24.8. The van der Waals surface area contributed by atoms with E-state index < -0.39 is 24.1 Å². The minimum atomic E-state index is -0.744. The molecule has 0 radical (unpaired) electrons. The molecule has 0 saturated carbocycles. The fourth-order valence-corrected chi connectivity index (χ4v) is 4.33. The Labute approximate surface area is 215 Å². The van der Waals surface area contributed by atoms with Crippen molar-refractivity contribution in [3.63, 3.8) is 0 Å². The summed E-state index contributed by atoms with van der Waals surface area (Å²) in [7, 11) is 0. The highest BCUT2D eigenvalue weighted by Crippen LogP contribution is 2.23. The molecule has 0 saturated heterocycles. The number of aliphatic hydroxyl groups excluding tert-OH is 2. The van der Waals surface area contributed by atoms with Gasteiger partial charge in [0.1, 0.15) is 13.2 Å². The maximum atomic E-state index is 11.4. The van der Waals surface area contributed by atoms with Crippen molar-refractivity contribution in [2.24, 2.45) is 0 Å².